The number of esters is 1. The molecule has 6 heteroatoms. The van der Waals surface area contributed by atoms with Crippen molar-refractivity contribution < 1.29 is 14.3 Å². The van der Waals surface area contributed by atoms with Gasteiger partial charge in [0.2, 0.25) is 0 Å². The Kier molecular flexibility index (Phi) is 6.04. The van der Waals surface area contributed by atoms with Crippen LogP contribution in [-0.2, 0) is 9.53 Å². The number of rotatable bonds is 6. The summed E-state index contributed by atoms with van der Waals surface area (Å²) in [7, 11) is 0. The second-order valence-electron chi connectivity index (χ2n) is 5.48. The van der Waals surface area contributed by atoms with Gasteiger partial charge in [-0.2, -0.15) is 0 Å². The van der Waals surface area contributed by atoms with Crippen LogP contribution < -0.4 is 10.6 Å². The lowest BCUT2D eigenvalue weighted by Gasteiger charge is -2.33. The van der Waals surface area contributed by atoms with E-state index in [2.05, 4.69) is 24.1 Å². The second kappa shape index (κ2) is 8.02. The number of halogens is 1. The monoisotopic (exact) mass is 336 g/mol. The van der Waals surface area contributed by atoms with E-state index in [1.165, 1.54) is 0 Å². The number of urea groups is 1. The Morgan fingerprint density at radius 2 is 2.09 bits per heavy atom. The molecule has 1 aromatic rings. The van der Waals surface area contributed by atoms with E-state index in [-0.39, 0.29) is 0 Å². The summed E-state index contributed by atoms with van der Waals surface area (Å²) >= 11 is 6.22. The Balaban J connectivity index is 2.19. The summed E-state index contributed by atoms with van der Waals surface area (Å²) in [5.41, 5.74) is 0.986. The van der Waals surface area contributed by atoms with Gasteiger partial charge in [0.25, 0.3) is 0 Å². The summed E-state index contributed by atoms with van der Waals surface area (Å²) < 4.78 is 5.35. The predicted octanol–water partition coefficient (Wildman–Crippen LogP) is 3.56. The third-order valence-corrected chi connectivity index (χ3v) is 4.10. The molecule has 0 saturated carbocycles. The molecule has 124 valence electrons. The molecule has 0 aliphatic carbocycles. The molecule has 2 atom stereocenters. The lowest BCUT2D eigenvalue weighted by Crippen LogP contribution is -2.51. The summed E-state index contributed by atoms with van der Waals surface area (Å²) in [5.74, 6) is -1.13. The third kappa shape index (κ3) is 4.26. The van der Waals surface area contributed by atoms with Gasteiger partial charge in [-0.05, 0) is 18.1 Å². The van der Waals surface area contributed by atoms with E-state index >= 15 is 0 Å². The van der Waals surface area contributed by atoms with E-state index in [1.54, 1.807) is 18.2 Å². The van der Waals surface area contributed by atoms with Gasteiger partial charge in [-0.25, -0.2) is 4.79 Å². The van der Waals surface area contributed by atoms with Crippen LogP contribution >= 0.6 is 11.6 Å². The van der Waals surface area contributed by atoms with Crippen molar-refractivity contribution in [3.05, 3.63) is 47.1 Å². The summed E-state index contributed by atoms with van der Waals surface area (Å²) in [6.45, 7) is 6.24. The molecule has 5 nitrogen and oxygen atoms in total. The van der Waals surface area contributed by atoms with Crippen LogP contribution in [-0.4, -0.2) is 18.6 Å². The van der Waals surface area contributed by atoms with Crippen molar-refractivity contribution >= 4 is 23.6 Å². The standard InChI is InChI=1S/C17H21ClN2O3/c1-3-4-7-10-23-16(21)14-11(2)19-17(22)20-15(14)12-8-5-6-9-13(12)18/h5-6,8-9,14-15H,2-4,7,10H2,1H3,(H2,19,20,22)/t14-,15+/m1/s1. The quantitative estimate of drug-likeness (QED) is 0.616. The minimum absolute atomic E-state index is 0.319. The molecule has 0 spiro atoms. The lowest BCUT2D eigenvalue weighted by atomic mass is 9.89. The largest absolute Gasteiger partial charge is 0.465 e. The van der Waals surface area contributed by atoms with Crippen LogP contribution in [0, 0.1) is 5.92 Å². The zero-order chi connectivity index (χ0) is 16.8. The van der Waals surface area contributed by atoms with Gasteiger partial charge in [0.05, 0.1) is 12.6 Å². The van der Waals surface area contributed by atoms with Gasteiger partial charge in [-0.3, -0.25) is 4.79 Å². The number of hydrogen-bond acceptors (Lipinski definition) is 3. The van der Waals surface area contributed by atoms with Crippen molar-refractivity contribution in [3.8, 4) is 0 Å². The van der Waals surface area contributed by atoms with Crippen LogP contribution in [0.1, 0.15) is 37.8 Å². The molecule has 1 fully saturated rings. The highest BCUT2D eigenvalue weighted by Crippen LogP contribution is 2.34. The fourth-order valence-corrected chi connectivity index (χ4v) is 2.82. The molecule has 0 radical (unpaired) electrons. The maximum Gasteiger partial charge on any atom is 0.319 e. The van der Waals surface area contributed by atoms with Gasteiger partial charge in [0.15, 0.2) is 0 Å². The maximum atomic E-state index is 12.5. The summed E-state index contributed by atoms with van der Waals surface area (Å²) in [4.78, 5) is 24.2. The Morgan fingerprint density at radius 3 is 2.78 bits per heavy atom. The van der Waals surface area contributed by atoms with Crippen molar-refractivity contribution in [1.82, 2.24) is 10.6 Å². The van der Waals surface area contributed by atoms with E-state index in [0.29, 0.717) is 22.9 Å². The van der Waals surface area contributed by atoms with Crippen molar-refractivity contribution in [2.75, 3.05) is 6.61 Å². The zero-order valence-corrected chi connectivity index (χ0v) is 13.9. The average molecular weight is 337 g/mol. The maximum absolute atomic E-state index is 12.5. The molecule has 2 amide bonds. The summed E-state index contributed by atoms with van der Waals surface area (Å²) in [5, 5.41) is 5.77. The minimum Gasteiger partial charge on any atom is -0.465 e. The highest BCUT2D eigenvalue weighted by atomic mass is 35.5. The molecular weight excluding hydrogens is 316 g/mol. The number of carbonyl (C=O) groups is 2. The highest BCUT2D eigenvalue weighted by molar-refractivity contribution is 6.31. The van der Waals surface area contributed by atoms with Crippen LogP contribution in [0.2, 0.25) is 5.02 Å². The molecule has 1 aromatic carbocycles. The van der Waals surface area contributed by atoms with Crippen molar-refractivity contribution in [1.29, 1.82) is 0 Å². The summed E-state index contributed by atoms with van der Waals surface area (Å²) in [6.07, 6.45) is 2.87. The number of nitrogens with one attached hydrogen (secondary N) is 2. The SMILES string of the molecule is C=C1NC(=O)N[C@@H](c2ccccc2Cl)[C@@H]1C(=O)OCCCCC. The Morgan fingerprint density at radius 1 is 1.35 bits per heavy atom. The number of ether oxygens (including phenoxy) is 1. The van der Waals surface area contributed by atoms with Crippen molar-refractivity contribution in [3.63, 3.8) is 0 Å². The van der Waals surface area contributed by atoms with Gasteiger partial charge in [0.1, 0.15) is 5.92 Å². The van der Waals surface area contributed by atoms with E-state index < -0.39 is 24.0 Å². The molecule has 0 bridgehead atoms. The summed E-state index contributed by atoms with van der Waals surface area (Å²) in [6, 6.07) is 6.10. The fourth-order valence-electron chi connectivity index (χ4n) is 2.56. The van der Waals surface area contributed by atoms with Crippen molar-refractivity contribution in [2.24, 2.45) is 5.92 Å². The molecule has 0 unspecified atom stereocenters. The van der Waals surface area contributed by atoms with E-state index in [9.17, 15) is 9.59 Å². The predicted molar refractivity (Wildman–Crippen MR) is 89.0 cm³/mol. The number of unbranched alkanes of at least 4 members (excludes halogenated alkanes) is 2. The first-order valence-electron chi connectivity index (χ1n) is 7.72. The Hall–Kier alpha value is -2.01. The minimum atomic E-state index is -0.714. The van der Waals surface area contributed by atoms with Gasteiger partial charge in [0, 0.05) is 10.7 Å². The Labute approximate surface area is 141 Å². The molecule has 1 saturated heterocycles. The first kappa shape index (κ1) is 17.3. The molecular formula is C17H21ClN2O3. The van der Waals surface area contributed by atoms with Gasteiger partial charge in [-0.15, -0.1) is 0 Å². The van der Waals surface area contributed by atoms with E-state index in [1.807, 2.05) is 6.07 Å². The molecule has 1 heterocycles. The topological polar surface area (TPSA) is 67.4 Å². The highest BCUT2D eigenvalue weighted by Gasteiger charge is 2.39. The molecule has 1 aliphatic rings. The van der Waals surface area contributed by atoms with Gasteiger partial charge in [-0.1, -0.05) is 56.1 Å². The van der Waals surface area contributed by atoms with E-state index in [0.717, 1.165) is 19.3 Å². The first-order valence-corrected chi connectivity index (χ1v) is 8.09. The van der Waals surface area contributed by atoms with Crippen LogP contribution in [0.5, 0.6) is 0 Å². The zero-order valence-electron chi connectivity index (χ0n) is 13.1. The van der Waals surface area contributed by atoms with Crippen LogP contribution in [0.4, 0.5) is 4.79 Å². The van der Waals surface area contributed by atoms with E-state index in [4.69, 9.17) is 16.3 Å². The van der Waals surface area contributed by atoms with Crippen molar-refractivity contribution in [2.45, 2.75) is 32.2 Å². The number of benzene rings is 1. The average Bonchev–Trinajstić information content (AvgIpc) is 2.51. The second-order valence-corrected chi connectivity index (χ2v) is 5.88. The molecule has 23 heavy (non-hydrogen) atoms. The molecule has 1 aliphatic heterocycles. The molecule has 2 N–H and O–H groups in total. The molecule has 2 rings (SSSR count). The van der Waals surface area contributed by atoms with Crippen LogP contribution in [0.25, 0.3) is 0 Å². The smallest absolute Gasteiger partial charge is 0.319 e. The van der Waals surface area contributed by atoms with Crippen LogP contribution in [0.3, 0.4) is 0 Å². The Bertz CT molecular complexity index is 603. The third-order valence-electron chi connectivity index (χ3n) is 3.76. The van der Waals surface area contributed by atoms with Crippen LogP contribution in [0.15, 0.2) is 36.5 Å². The number of hydrogen-bond donors (Lipinski definition) is 2. The van der Waals surface area contributed by atoms with Gasteiger partial charge < -0.3 is 15.4 Å². The fraction of sp³-hybridized carbons (Fsp3) is 0.412. The number of carbonyl (C=O) groups excluding carboxylic acids is 2. The van der Waals surface area contributed by atoms with Gasteiger partial charge >= 0.3 is 12.0 Å². The number of amides is 2. The normalized spacial score (nSPS) is 20.6. The lowest BCUT2D eigenvalue weighted by molar-refractivity contribution is -0.148. The first-order chi connectivity index (χ1) is 11.0. The molecule has 0 aromatic heterocycles.